The van der Waals surface area contributed by atoms with Gasteiger partial charge < -0.3 is 4.90 Å². The molecule has 1 rings (SSSR count). The normalized spacial score (nSPS) is 28.3. The molecule has 1 fully saturated rings. The van der Waals surface area contributed by atoms with Crippen molar-refractivity contribution in [3.8, 4) is 0 Å². The summed E-state index contributed by atoms with van der Waals surface area (Å²) in [6, 6.07) is 0. The molecule has 0 aromatic heterocycles. The molecule has 0 radical (unpaired) electrons. The predicted octanol–water partition coefficient (Wildman–Crippen LogP) is 0.849. The van der Waals surface area contributed by atoms with Gasteiger partial charge >= 0.3 is 0 Å². The molecule has 11 heavy (non-hydrogen) atoms. The number of hydrogen-bond acceptors (Lipinski definition) is 2. The first-order valence-electron chi connectivity index (χ1n) is 4.07. The molecule has 1 unspecified atom stereocenters. The number of nitrogens with zero attached hydrogens (tertiary/aromatic N) is 1. The van der Waals surface area contributed by atoms with Gasteiger partial charge in [0.05, 0.1) is 0 Å². The second-order valence-corrected chi connectivity index (χ2v) is 5.60. The van der Waals surface area contributed by atoms with Crippen molar-refractivity contribution in [2.24, 2.45) is 0 Å². The van der Waals surface area contributed by atoms with Crippen molar-refractivity contribution in [1.82, 2.24) is 4.90 Å². The predicted molar refractivity (Wildman–Crippen MR) is 49.2 cm³/mol. The zero-order chi connectivity index (χ0) is 8.48. The van der Waals surface area contributed by atoms with Crippen LogP contribution in [0.5, 0.6) is 0 Å². The third-order valence-corrected chi connectivity index (χ3v) is 4.53. The van der Waals surface area contributed by atoms with E-state index in [1.807, 2.05) is 6.26 Å². The molecule has 1 aliphatic rings. The van der Waals surface area contributed by atoms with E-state index >= 15 is 0 Å². The topological polar surface area (TPSA) is 20.3 Å². The molecule has 1 atom stereocenters. The Labute approximate surface area is 71.4 Å². The SMILES string of the molecule is CN1CCC(C)(S(C)=O)CC1. The highest BCUT2D eigenvalue weighted by Gasteiger charge is 2.32. The van der Waals surface area contributed by atoms with E-state index < -0.39 is 10.8 Å². The first-order valence-corrected chi connectivity index (χ1v) is 5.62. The summed E-state index contributed by atoms with van der Waals surface area (Å²) in [5.74, 6) is 0. The van der Waals surface area contributed by atoms with Crippen molar-refractivity contribution in [2.45, 2.75) is 24.5 Å². The zero-order valence-corrected chi connectivity index (χ0v) is 8.41. The maximum absolute atomic E-state index is 11.3. The molecule has 0 saturated carbocycles. The van der Waals surface area contributed by atoms with E-state index in [2.05, 4.69) is 18.9 Å². The summed E-state index contributed by atoms with van der Waals surface area (Å²) in [6.07, 6.45) is 3.98. The molecule has 1 aliphatic heterocycles. The van der Waals surface area contributed by atoms with Crippen LogP contribution in [-0.2, 0) is 10.8 Å². The summed E-state index contributed by atoms with van der Waals surface area (Å²) < 4.78 is 11.4. The first kappa shape index (κ1) is 9.20. The smallest absolute Gasteiger partial charge is 0.0452 e. The van der Waals surface area contributed by atoms with Crippen LogP contribution in [0.1, 0.15) is 19.8 Å². The van der Waals surface area contributed by atoms with Gasteiger partial charge in [-0.1, -0.05) is 0 Å². The summed E-state index contributed by atoms with van der Waals surface area (Å²) in [5.41, 5.74) is 0. The van der Waals surface area contributed by atoms with Gasteiger partial charge in [0.15, 0.2) is 0 Å². The zero-order valence-electron chi connectivity index (χ0n) is 7.59. The van der Waals surface area contributed by atoms with Crippen LogP contribution in [0.4, 0.5) is 0 Å². The lowest BCUT2D eigenvalue weighted by atomic mass is 9.98. The monoisotopic (exact) mass is 175 g/mol. The van der Waals surface area contributed by atoms with Crippen LogP contribution in [0.2, 0.25) is 0 Å². The maximum Gasteiger partial charge on any atom is 0.0452 e. The highest BCUT2D eigenvalue weighted by molar-refractivity contribution is 7.85. The Balaban J connectivity index is 2.55. The van der Waals surface area contributed by atoms with Crippen LogP contribution >= 0.6 is 0 Å². The summed E-state index contributed by atoms with van der Waals surface area (Å²) >= 11 is 0. The van der Waals surface area contributed by atoms with Crippen LogP contribution < -0.4 is 0 Å². The minimum absolute atomic E-state index is 0.0898. The Kier molecular flexibility index (Phi) is 2.70. The van der Waals surface area contributed by atoms with Crippen LogP contribution in [0.25, 0.3) is 0 Å². The number of likely N-dealkylation sites (tertiary alicyclic amines) is 1. The highest BCUT2D eigenvalue weighted by atomic mass is 32.2. The maximum atomic E-state index is 11.3. The fourth-order valence-electron chi connectivity index (χ4n) is 1.38. The Morgan fingerprint density at radius 2 is 1.82 bits per heavy atom. The van der Waals surface area contributed by atoms with Gasteiger partial charge in [0.1, 0.15) is 0 Å². The van der Waals surface area contributed by atoms with E-state index in [1.54, 1.807) is 0 Å². The van der Waals surface area contributed by atoms with Gasteiger partial charge in [-0.15, -0.1) is 0 Å². The van der Waals surface area contributed by atoms with Crippen molar-refractivity contribution in [3.05, 3.63) is 0 Å². The van der Waals surface area contributed by atoms with E-state index in [0.717, 1.165) is 25.9 Å². The van der Waals surface area contributed by atoms with Crippen molar-refractivity contribution < 1.29 is 4.21 Å². The summed E-state index contributed by atoms with van der Waals surface area (Å²) in [7, 11) is 1.46. The minimum atomic E-state index is -0.659. The van der Waals surface area contributed by atoms with Gasteiger partial charge in [-0.25, -0.2) is 0 Å². The number of piperidine rings is 1. The molecule has 66 valence electrons. The van der Waals surface area contributed by atoms with E-state index in [1.165, 1.54) is 0 Å². The second-order valence-electron chi connectivity index (χ2n) is 3.71. The van der Waals surface area contributed by atoms with Crippen LogP contribution in [-0.4, -0.2) is 40.2 Å². The van der Waals surface area contributed by atoms with Crippen LogP contribution in [0.15, 0.2) is 0 Å². The van der Waals surface area contributed by atoms with E-state index in [4.69, 9.17) is 0 Å². The van der Waals surface area contributed by atoms with Crippen LogP contribution in [0, 0.1) is 0 Å². The lowest BCUT2D eigenvalue weighted by Crippen LogP contribution is -2.43. The Hall–Kier alpha value is 0.110. The molecule has 0 aromatic carbocycles. The van der Waals surface area contributed by atoms with Crippen molar-refractivity contribution in [1.29, 1.82) is 0 Å². The van der Waals surface area contributed by atoms with E-state index in [9.17, 15) is 4.21 Å². The first-order chi connectivity index (χ1) is 5.04. The lowest BCUT2D eigenvalue weighted by Gasteiger charge is -2.35. The average molecular weight is 175 g/mol. The minimum Gasteiger partial charge on any atom is -0.306 e. The van der Waals surface area contributed by atoms with Gasteiger partial charge in [0.2, 0.25) is 0 Å². The van der Waals surface area contributed by atoms with Gasteiger partial charge in [-0.3, -0.25) is 4.21 Å². The van der Waals surface area contributed by atoms with Crippen molar-refractivity contribution >= 4 is 10.8 Å². The fraction of sp³-hybridized carbons (Fsp3) is 1.00. The van der Waals surface area contributed by atoms with Gasteiger partial charge in [-0.05, 0) is 39.9 Å². The molecule has 0 N–H and O–H groups in total. The summed E-state index contributed by atoms with van der Waals surface area (Å²) in [4.78, 5) is 2.30. The largest absolute Gasteiger partial charge is 0.306 e. The van der Waals surface area contributed by atoms with Crippen LogP contribution in [0.3, 0.4) is 0 Å². The van der Waals surface area contributed by atoms with E-state index in [-0.39, 0.29) is 4.75 Å². The number of hydrogen-bond donors (Lipinski definition) is 0. The highest BCUT2D eigenvalue weighted by Crippen LogP contribution is 2.26. The molecule has 0 amide bonds. The molecule has 1 saturated heterocycles. The molecular formula is C8H17NOS. The lowest BCUT2D eigenvalue weighted by molar-refractivity contribution is 0.244. The standard InChI is InChI=1S/C8H17NOS/c1-8(11(3)10)4-6-9(2)7-5-8/h4-7H2,1-3H3. The Morgan fingerprint density at radius 3 is 2.18 bits per heavy atom. The van der Waals surface area contributed by atoms with Crippen molar-refractivity contribution in [3.63, 3.8) is 0 Å². The molecule has 3 heteroatoms. The molecular weight excluding hydrogens is 158 g/mol. The Bertz CT molecular complexity index is 161. The third-order valence-electron chi connectivity index (χ3n) is 2.74. The summed E-state index contributed by atoms with van der Waals surface area (Å²) in [5, 5.41) is 0. The molecule has 0 spiro atoms. The second kappa shape index (κ2) is 3.23. The van der Waals surface area contributed by atoms with E-state index in [0.29, 0.717) is 0 Å². The molecule has 0 aliphatic carbocycles. The molecule has 1 heterocycles. The molecule has 0 aromatic rings. The van der Waals surface area contributed by atoms with Crippen molar-refractivity contribution in [2.75, 3.05) is 26.4 Å². The quantitative estimate of drug-likeness (QED) is 0.589. The third kappa shape index (κ3) is 2.03. The molecule has 2 nitrogen and oxygen atoms in total. The van der Waals surface area contributed by atoms with Gasteiger partial charge in [0, 0.05) is 21.8 Å². The average Bonchev–Trinajstić information content (AvgIpc) is 1.95. The Morgan fingerprint density at radius 1 is 1.36 bits per heavy atom. The number of rotatable bonds is 1. The molecule has 0 bridgehead atoms. The van der Waals surface area contributed by atoms with Gasteiger partial charge in [0.25, 0.3) is 0 Å². The summed E-state index contributed by atoms with van der Waals surface area (Å²) in [6.45, 7) is 4.32. The van der Waals surface area contributed by atoms with Gasteiger partial charge in [-0.2, -0.15) is 0 Å². The fourth-order valence-corrected chi connectivity index (χ4v) is 2.14.